The predicted octanol–water partition coefficient (Wildman–Crippen LogP) is 17.7. The van der Waals surface area contributed by atoms with Gasteiger partial charge in [0.1, 0.15) is 19.3 Å². The lowest BCUT2D eigenvalue weighted by Crippen LogP contribution is -2.37. The summed E-state index contributed by atoms with van der Waals surface area (Å²) < 4.78 is 35.2. The van der Waals surface area contributed by atoms with Crippen molar-refractivity contribution in [1.29, 1.82) is 0 Å². The highest BCUT2D eigenvalue weighted by Gasteiger charge is 2.26. The number of carbonyl (C=O) groups excluding carboxylic acids is 1. The van der Waals surface area contributed by atoms with Crippen LogP contribution in [-0.4, -0.2) is 75.6 Å². The van der Waals surface area contributed by atoms with E-state index in [4.69, 9.17) is 18.5 Å². The van der Waals surface area contributed by atoms with Crippen molar-refractivity contribution in [3.05, 3.63) is 36.5 Å². The molecule has 0 aromatic carbocycles. The Balaban J connectivity index is 4.09. The van der Waals surface area contributed by atoms with Gasteiger partial charge in [-0.25, -0.2) is 4.57 Å². The smallest absolute Gasteiger partial charge is 0.457 e. The fraction of sp³-hybridized carbons (Fsp3) is 0.877. The van der Waals surface area contributed by atoms with Crippen LogP contribution in [0.1, 0.15) is 264 Å². The number of hydrogen-bond acceptors (Lipinski definition) is 6. The first-order valence-corrected chi connectivity index (χ1v) is 29.7. The average Bonchev–Trinajstić information content (AvgIpc) is 3.28. The number of nitrogens with zero attached hydrogens (tertiary/aromatic N) is 1. The molecule has 0 fully saturated rings. The molecule has 0 rings (SSSR count). The molecule has 0 aromatic rings. The molecule has 0 spiro atoms. The Hall–Kier alpha value is -1.28. The summed E-state index contributed by atoms with van der Waals surface area (Å²) in [6, 6.07) is 0. The molecule has 1 N–H and O–H groups in total. The lowest BCUT2D eigenvalue weighted by atomic mass is 10.0. The van der Waals surface area contributed by atoms with E-state index in [1.807, 2.05) is 21.1 Å². The van der Waals surface area contributed by atoms with Crippen LogP contribution in [0.15, 0.2) is 36.5 Å². The van der Waals surface area contributed by atoms with E-state index in [1.165, 1.54) is 186 Å². The fourth-order valence-corrected chi connectivity index (χ4v) is 8.83. The Kier molecular flexibility index (Phi) is 49.1. The minimum absolute atomic E-state index is 0.0870. The van der Waals surface area contributed by atoms with Gasteiger partial charge in [0, 0.05) is 13.0 Å². The molecule has 66 heavy (non-hydrogen) atoms. The quantitative estimate of drug-likeness (QED) is 0.0213. The van der Waals surface area contributed by atoms with Gasteiger partial charge < -0.3 is 18.9 Å². The molecular formula is C57H111NO7P+. The van der Waals surface area contributed by atoms with Crippen molar-refractivity contribution in [2.75, 3.05) is 54.1 Å². The summed E-state index contributed by atoms with van der Waals surface area (Å²) in [6.45, 7) is 5.65. The SMILES string of the molecule is CCCCCCC/C=C\C/C=C\C/C=C\CCCCCCCCC(=O)OC(COCCCCCCCCCCCCCCCCCCCCCCCCC)COP(=O)(O)OCC[N+](C)(C)C. The van der Waals surface area contributed by atoms with Crippen LogP contribution >= 0.6 is 7.82 Å². The third kappa shape index (κ3) is 53.7. The predicted molar refractivity (Wildman–Crippen MR) is 284 cm³/mol. The zero-order chi connectivity index (χ0) is 48.3. The highest BCUT2D eigenvalue weighted by atomic mass is 31.2. The number of allylic oxidation sites excluding steroid dienone is 6. The van der Waals surface area contributed by atoms with E-state index in [9.17, 15) is 14.3 Å². The second kappa shape index (κ2) is 50.1. The summed E-state index contributed by atoms with van der Waals surface area (Å²) in [5, 5.41) is 0. The number of quaternary nitrogens is 1. The van der Waals surface area contributed by atoms with Crippen molar-refractivity contribution in [3.63, 3.8) is 0 Å². The summed E-state index contributed by atoms with van der Waals surface area (Å²) in [5.74, 6) is -0.321. The lowest BCUT2D eigenvalue weighted by Gasteiger charge is -2.24. The maximum atomic E-state index is 12.8. The molecule has 0 aromatic heterocycles. The summed E-state index contributed by atoms with van der Waals surface area (Å²) in [5.41, 5.74) is 0. The van der Waals surface area contributed by atoms with Crippen molar-refractivity contribution in [1.82, 2.24) is 0 Å². The topological polar surface area (TPSA) is 91.3 Å². The molecule has 9 heteroatoms. The van der Waals surface area contributed by atoms with Gasteiger partial charge in [0.05, 0.1) is 34.4 Å². The second-order valence-corrected chi connectivity index (χ2v) is 21.8. The summed E-state index contributed by atoms with van der Waals surface area (Å²) in [4.78, 5) is 23.1. The normalized spacial score (nSPS) is 13.7. The number of hydrogen-bond donors (Lipinski definition) is 1. The van der Waals surface area contributed by atoms with Crippen molar-refractivity contribution >= 4 is 13.8 Å². The van der Waals surface area contributed by atoms with Crippen molar-refractivity contribution in [2.24, 2.45) is 0 Å². The molecule has 0 bridgehead atoms. The molecule has 0 amide bonds. The Morgan fingerprint density at radius 3 is 1.24 bits per heavy atom. The van der Waals surface area contributed by atoms with E-state index < -0.39 is 13.9 Å². The number of esters is 1. The lowest BCUT2D eigenvalue weighted by molar-refractivity contribution is -0.870. The molecule has 0 aliphatic carbocycles. The van der Waals surface area contributed by atoms with E-state index >= 15 is 0 Å². The molecule has 0 aliphatic heterocycles. The highest BCUT2D eigenvalue weighted by molar-refractivity contribution is 7.47. The number of phosphoric acid groups is 1. The maximum absolute atomic E-state index is 12.8. The molecule has 0 saturated carbocycles. The molecule has 0 radical (unpaired) electrons. The van der Waals surface area contributed by atoms with Crippen LogP contribution in [0.25, 0.3) is 0 Å². The largest absolute Gasteiger partial charge is 0.472 e. The molecule has 8 nitrogen and oxygen atoms in total. The summed E-state index contributed by atoms with van der Waals surface area (Å²) in [6.07, 6.45) is 62.0. The van der Waals surface area contributed by atoms with Crippen LogP contribution < -0.4 is 0 Å². The van der Waals surface area contributed by atoms with Crippen molar-refractivity contribution in [2.45, 2.75) is 270 Å². The Bertz CT molecular complexity index is 1150. The second-order valence-electron chi connectivity index (χ2n) is 20.3. The molecular weight excluding hydrogens is 842 g/mol. The first-order chi connectivity index (χ1) is 32.1. The van der Waals surface area contributed by atoms with Gasteiger partial charge in [-0.15, -0.1) is 0 Å². The third-order valence-corrected chi connectivity index (χ3v) is 13.4. The van der Waals surface area contributed by atoms with Gasteiger partial charge >= 0.3 is 13.8 Å². The van der Waals surface area contributed by atoms with Gasteiger partial charge in [-0.2, -0.15) is 0 Å². The number of ether oxygens (including phenoxy) is 2. The number of likely N-dealkylation sites (N-methyl/N-ethyl adjacent to an activating group) is 1. The first-order valence-electron chi connectivity index (χ1n) is 28.2. The molecule has 0 aliphatic rings. The van der Waals surface area contributed by atoms with Crippen LogP contribution in [0, 0.1) is 0 Å². The monoisotopic (exact) mass is 953 g/mol. The average molecular weight is 953 g/mol. The van der Waals surface area contributed by atoms with E-state index in [0.717, 1.165) is 57.8 Å². The van der Waals surface area contributed by atoms with E-state index in [0.29, 0.717) is 24.1 Å². The van der Waals surface area contributed by atoms with Crippen LogP contribution in [0.4, 0.5) is 0 Å². The van der Waals surface area contributed by atoms with E-state index in [-0.39, 0.29) is 25.8 Å². The Morgan fingerprint density at radius 2 is 0.833 bits per heavy atom. The van der Waals surface area contributed by atoms with Gasteiger partial charge in [-0.05, 0) is 51.4 Å². The van der Waals surface area contributed by atoms with E-state index in [2.05, 4.69) is 50.3 Å². The molecule has 0 saturated heterocycles. The highest BCUT2D eigenvalue weighted by Crippen LogP contribution is 2.43. The standard InChI is InChI=1S/C57H110NO7P/c1-6-8-10-12-14-16-18-20-22-24-26-28-29-31-33-35-37-39-41-43-45-47-49-52-62-54-56(55-64-66(60,61)63-53-51-58(3,4)5)65-57(59)50-48-46-44-42-40-38-36-34-32-30-27-25-23-21-19-17-15-13-11-9-7-2/h19,21,25,27,32,34,56H,6-18,20,22-24,26,28-31,33,35-55H2,1-5H3/p+1/b21-19-,27-25-,34-32-. The van der Waals surface area contributed by atoms with Gasteiger partial charge in [0.15, 0.2) is 0 Å². The molecule has 390 valence electrons. The minimum atomic E-state index is -4.29. The van der Waals surface area contributed by atoms with Gasteiger partial charge in [0.2, 0.25) is 0 Å². The number of unbranched alkanes of at least 4 members (excludes halogenated alkanes) is 33. The Labute approximate surface area is 410 Å². The van der Waals surface area contributed by atoms with E-state index in [1.54, 1.807) is 0 Å². The first kappa shape index (κ1) is 64.7. The van der Waals surface area contributed by atoms with Gasteiger partial charge in [-0.3, -0.25) is 13.8 Å². The molecule has 0 heterocycles. The van der Waals surface area contributed by atoms with Crippen LogP contribution in [0.2, 0.25) is 0 Å². The van der Waals surface area contributed by atoms with Crippen LogP contribution in [-0.2, 0) is 27.9 Å². The van der Waals surface area contributed by atoms with Crippen LogP contribution in [0.3, 0.4) is 0 Å². The zero-order valence-corrected chi connectivity index (χ0v) is 45.3. The summed E-state index contributed by atoms with van der Waals surface area (Å²) in [7, 11) is 1.67. The summed E-state index contributed by atoms with van der Waals surface area (Å²) >= 11 is 0. The fourth-order valence-electron chi connectivity index (χ4n) is 8.09. The molecule has 2 atom stereocenters. The number of carbonyl (C=O) groups is 1. The zero-order valence-electron chi connectivity index (χ0n) is 44.4. The molecule has 2 unspecified atom stereocenters. The number of phosphoric ester groups is 1. The van der Waals surface area contributed by atoms with Crippen molar-refractivity contribution in [3.8, 4) is 0 Å². The third-order valence-electron chi connectivity index (χ3n) is 12.5. The van der Waals surface area contributed by atoms with Crippen molar-refractivity contribution < 1.29 is 37.3 Å². The van der Waals surface area contributed by atoms with Gasteiger partial charge in [-0.1, -0.05) is 243 Å². The number of rotatable bonds is 53. The van der Waals surface area contributed by atoms with Crippen LogP contribution in [0.5, 0.6) is 0 Å². The maximum Gasteiger partial charge on any atom is 0.472 e. The minimum Gasteiger partial charge on any atom is -0.457 e. The van der Waals surface area contributed by atoms with Gasteiger partial charge in [0.25, 0.3) is 0 Å². The Morgan fingerprint density at radius 1 is 0.470 bits per heavy atom.